The van der Waals surface area contributed by atoms with Crippen molar-refractivity contribution in [3.63, 3.8) is 0 Å². The lowest BCUT2D eigenvalue weighted by molar-refractivity contribution is 0.702. The van der Waals surface area contributed by atoms with Crippen molar-refractivity contribution in [1.82, 2.24) is 0 Å². The van der Waals surface area contributed by atoms with Gasteiger partial charge in [-0.05, 0) is 42.9 Å². The molecule has 9 heavy (non-hydrogen) atoms. The van der Waals surface area contributed by atoms with E-state index in [0.29, 0.717) is 0 Å². The first-order valence-electron chi connectivity index (χ1n) is 4.18. The van der Waals surface area contributed by atoms with Gasteiger partial charge in [-0.1, -0.05) is 11.1 Å². The first kappa shape index (κ1) is 3.80. The molecule has 4 rings (SSSR count). The summed E-state index contributed by atoms with van der Waals surface area (Å²) in [6.45, 7) is 0. The molecule has 2 fully saturated rings. The molecule has 0 heteroatoms. The van der Waals surface area contributed by atoms with Gasteiger partial charge >= 0.3 is 0 Å². The van der Waals surface area contributed by atoms with Crippen LogP contribution in [-0.2, 0) is 0 Å². The molecule has 0 N–H and O–H groups in total. The van der Waals surface area contributed by atoms with E-state index < -0.39 is 0 Å². The van der Waals surface area contributed by atoms with Crippen molar-refractivity contribution < 1.29 is 0 Å². The number of rotatable bonds is 0. The van der Waals surface area contributed by atoms with Gasteiger partial charge in [0.1, 0.15) is 0 Å². The van der Waals surface area contributed by atoms with Gasteiger partial charge in [0.05, 0.1) is 0 Å². The Morgan fingerprint density at radius 1 is 1.00 bits per heavy atom. The lowest BCUT2D eigenvalue weighted by atomic mass is 9.88. The second-order valence-electron chi connectivity index (χ2n) is 4.24. The lowest BCUT2D eigenvalue weighted by Crippen LogP contribution is -2.05. The molecule has 0 spiro atoms. The van der Waals surface area contributed by atoms with Gasteiger partial charge < -0.3 is 0 Å². The Morgan fingerprint density at radius 3 is 2.89 bits per heavy atom. The molecule has 4 atom stereocenters. The fourth-order valence-corrected chi connectivity index (χ4v) is 3.20. The average Bonchev–Trinajstić information content (AvgIpc) is 2.69. The molecule has 0 aromatic heterocycles. The Balaban J connectivity index is 1.95. The molecule has 0 heterocycles. The Morgan fingerprint density at radius 2 is 2.00 bits per heavy atom. The smallest absolute Gasteiger partial charge is 0.0126 e. The number of allylic oxidation sites excluding steroid dienone is 2. The minimum absolute atomic E-state index is 1.14. The fourth-order valence-electron chi connectivity index (χ4n) is 3.20. The second-order valence-corrected chi connectivity index (χ2v) is 4.24. The molecule has 4 aliphatic rings. The summed E-state index contributed by atoms with van der Waals surface area (Å²) in [5.41, 5.74) is 3.89. The largest absolute Gasteiger partial charge is 0.0664 e. The Hall–Kier alpha value is -0.260. The molecule has 46 valence electrons. The third kappa shape index (κ3) is 0.253. The third-order valence-electron chi connectivity index (χ3n) is 3.81. The molecule has 0 amide bonds. The van der Waals surface area contributed by atoms with E-state index in [1.54, 1.807) is 12.8 Å². The van der Waals surface area contributed by atoms with E-state index in [9.17, 15) is 0 Å². The van der Waals surface area contributed by atoms with E-state index in [1.165, 1.54) is 12.3 Å². The summed E-state index contributed by atoms with van der Waals surface area (Å²) in [5.74, 6) is 4.61. The standard InChI is InChI=1S/C9H10/c1-4-2-7-6-3-8(6)9(7)5(1)4/h4-6,8H,1-3H2. The Bertz CT molecular complexity index is 236. The van der Waals surface area contributed by atoms with Crippen molar-refractivity contribution in [2.75, 3.05) is 0 Å². The van der Waals surface area contributed by atoms with Crippen molar-refractivity contribution in [3.05, 3.63) is 11.1 Å². The maximum Gasteiger partial charge on any atom is -0.0126 e. The van der Waals surface area contributed by atoms with E-state index in [0.717, 1.165) is 17.8 Å². The summed E-state index contributed by atoms with van der Waals surface area (Å²) >= 11 is 0. The van der Waals surface area contributed by atoms with E-state index in [2.05, 4.69) is 0 Å². The third-order valence-corrected chi connectivity index (χ3v) is 3.81. The van der Waals surface area contributed by atoms with Crippen LogP contribution in [0.15, 0.2) is 11.1 Å². The molecule has 0 saturated heterocycles. The molecule has 4 unspecified atom stereocenters. The fraction of sp³-hybridized carbons (Fsp3) is 0.778. The predicted molar refractivity (Wildman–Crippen MR) is 34.8 cm³/mol. The van der Waals surface area contributed by atoms with Gasteiger partial charge in [-0.2, -0.15) is 0 Å². The molecule has 4 aliphatic carbocycles. The van der Waals surface area contributed by atoms with Crippen LogP contribution in [0.2, 0.25) is 0 Å². The van der Waals surface area contributed by atoms with Crippen LogP contribution >= 0.6 is 0 Å². The van der Waals surface area contributed by atoms with Gasteiger partial charge in [0.25, 0.3) is 0 Å². The molecule has 0 nitrogen and oxygen atoms in total. The van der Waals surface area contributed by atoms with E-state index >= 15 is 0 Å². The van der Waals surface area contributed by atoms with Crippen molar-refractivity contribution in [1.29, 1.82) is 0 Å². The van der Waals surface area contributed by atoms with Crippen LogP contribution in [-0.4, -0.2) is 0 Å². The summed E-state index contributed by atoms with van der Waals surface area (Å²) in [6.07, 6.45) is 4.66. The first-order chi connectivity index (χ1) is 4.45. The molecule has 0 aromatic rings. The van der Waals surface area contributed by atoms with Gasteiger partial charge in [-0.3, -0.25) is 0 Å². The van der Waals surface area contributed by atoms with Crippen LogP contribution in [0, 0.1) is 23.7 Å². The highest BCUT2D eigenvalue weighted by molar-refractivity contribution is 5.49. The van der Waals surface area contributed by atoms with Gasteiger partial charge in [-0.25, -0.2) is 0 Å². The van der Waals surface area contributed by atoms with E-state index in [1.807, 2.05) is 11.1 Å². The van der Waals surface area contributed by atoms with Gasteiger partial charge in [0, 0.05) is 0 Å². The van der Waals surface area contributed by atoms with Gasteiger partial charge in [0.2, 0.25) is 0 Å². The summed E-state index contributed by atoms with van der Waals surface area (Å²) in [4.78, 5) is 0. The van der Waals surface area contributed by atoms with Gasteiger partial charge in [0.15, 0.2) is 0 Å². The summed E-state index contributed by atoms with van der Waals surface area (Å²) in [5, 5.41) is 0. The molecule has 0 aliphatic heterocycles. The number of hydrogen-bond acceptors (Lipinski definition) is 0. The van der Waals surface area contributed by atoms with Crippen molar-refractivity contribution >= 4 is 0 Å². The van der Waals surface area contributed by atoms with Gasteiger partial charge in [-0.15, -0.1) is 0 Å². The van der Waals surface area contributed by atoms with Crippen LogP contribution in [0.25, 0.3) is 0 Å². The van der Waals surface area contributed by atoms with Crippen molar-refractivity contribution in [2.45, 2.75) is 19.3 Å². The quantitative estimate of drug-likeness (QED) is 0.426. The van der Waals surface area contributed by atoms with Crippen LogP contribution in [0.4, 0.5) is 0 Å². The van der Waals surface area contributed by atoms with E-state index in [4.69, 9.17) is 0 Å². The molecule has 0 aromatic carbocycles. The molecular formula is C9H10. The molecule has 0 radical (unpaired) electrons. The van der Waals surface area contributed by atoms with Crippen LogP contribution in [0.5, 0.6) is 0 Å². The van der Waals surface area contributed by atoms with Crippen molar-refractivity contribution in [2.24, 2.45) is 23.7 Å². The van der Waals surface area contributed by atoms with Crippen LogP contribution in [0.1, 0.15) is 19.3 Å². The lowest BCUT2D eigenvalue weighted by Gasteiger charge is -2.17. The Kier molecular flexibility index (Phi) is 0.345. The summed E-state index contributed by atoms with van der Waals surface area (Å²) in [6, 6.07) is 0. The SMILES string of the molecule is C1C2=C(C3CC13)C1CC21. The zero-order valence-corrected chi connectivity index (χ0v) is 5.43. The highest BCUT2D eigenvalue weighted by atomic mass is 14.7. The number of fused-ring (bicyclic) bond motifs is 5. The van der Waals surface area contributed by atoms with Crippen LogP contribution < -0.4 is 0 Å². The molecule has 0 bridgehead atoms. The topological polar surface area (TPSA) is 0 Å². The maximum absolute atomic E-state index is 1.96. The minimum Gasteiger partial charge on any atom is -0.0664 e. The Labute approximate surface area is 54.9 Å². The zero-order chi connectivity index (χ0) is 5.59. The maximum atomic E-state index is 1.96. The average molecular weight is 118 g/mol. The van der Waals surface area contributed by atoms with Crippen LogP contribution in [0.3, 0.4) is 0 Å². The molecular weight excluding hydrogens is 108 g/mol. The predicted octanol–water partition coefficient (Wildman–Crippen LogP) is 1.97. The van der Waals surface area contributed by atoms with E-state index in [-0.39, 0.29) is 0 Å². The normalized spacial score (nSPS) is 64.0. The highest BCUT2D eigenvalue weighted by Gasteiger charge is 2.63. The monoisotopic (exact) mass is 118 g/mol. The zero-order valence-electron chi connectivity index (χ0n) is 5.43. The first-order valence-corrected chi connectivity index (χ1v) is 4.18. The second kappa shape index (κ2) is 0.817. The summed E-state index contributed by atoms with van der Waals surface area (Å²) < 4.78 is 0. The highest BCUT2D eigenvalue weighted by Crippen LogP contribution is 2.74. The number of hydrogen-bond donors (Lipinski definition) is 0. The molecule has 2 saturated carbocycles. The van der Waals surface area contributed by atoms with Crippen molar-refractivity contribution in [3.8, 4) is 0 Å². The minimum atomic E-state index is 1.14. The summed E-state index contributed by atoms with van der Waals surface area (Å²) in [7, 11) is 0.